The van der Waals surface area contributed by atoms with Gasteiger partial charge in [-0.05, 0) is 52.2 Å². The van der Waals surface area contributed by atoms with Crippen LogP contribution in [0, 0.1) is 0 Å². The van der Waals surface area contributed by atoms with Crippen molar-refractivity contribution < 1.29 is 0 Å². The lowest BCUT2D eigenvalue weighted by atomic mass is 10.1. The predicted octanol–water partition coefficient (Wildman–Crippen LogP) is 3.35. The van der Waals surface area contributed by atoms with Gasteiger partial charge in [-0.25, -0.2) is 0 Å². The molecule has 102 valence electrons. The van der Waals surface area contributed by atoms with E-state index in [1.54, 1.807) is 6.20 Å². The third-order valence-electron chi connectivity index (χ3n) is 3.40. The number of nitrogens with zero attached hydrogens (tertiary/aromatic N) is 2. The predicted molar refractivity (Wildman–Crippen MR) is 85.7 cm³/mol. The van der Waals surface area contributed by atoms with Crippen LogP contribution in [0.4, 0.5) is 0 Å². The fourth-order valence-corrected chi connectivity index (χ4v) is 2.96. The highest BCUT2D eigenvalue weighted by Gasteiger charge is 2.08. The van der Waals surface area contributed by atoms with Gasteiger partial charge in [0.2, 0.25) is 0 Å². The lowest BCUT2D eigenvalue weighted by Gasteiger charge is -2.05. The Morgan fingerprint density at radius 2 is 2.05 bits per heavy atom. The standard InChI is InChI=1S/C16H16BrN3/c17-14-7-12(8-19-9-14)10-20-11-13(5-6-18)15-3-1-2-4-16(15)20/h1-4,7-9,11H,5-6,10,18H2. The molecular weight excluding hydrogens is 314 g/mol. The molecule has 4 heteroatoms. The summed E-state index contributed by atoms with van der Waals surface area (Å²) >= 11 is 3.47. The van der Waals surface area contributed by atoms with E-state index in [1.807, 2.05) is 6.20 Å². The monoisotopic (exact) mass is 329 g/mol. The Balaban J connectivity index is 2.03. The maximum absolute atomic E-state index is 5.71. The Morgan fingerprint density at radius 1 is 1.20 bits per heavy atom. The highest BCUT2D eigenvalue weighted by atomic mass is 79.9. The van der Waals surface area contributed by atoms with E-state index < -0.39 is 0 Å². The Kier molecular flexibility index (Phi) is 3.85. The van der Waals surface area contributed by atoms with Gasteiger partial charge >= 0.3 is 0 Å². The van der Waals surface area contributed by atoms with Crippen LogP contribution in [0.5, 0.6) is 0 Å². The molecule has 2 heterocycles. The lowest BCUT2D eigenvalue weighted by Crippen LogP contribution is -2.02. The van der Waals surface area contributed by atoms with Crippen LogP contribution in [-0.2, 0) is 13.0 Å². The number of rotatable bonds is 4. The number of nitrogens with two attached hydrogens (primary N) is 1. The summed E-state index contributed by atoms with van der Waals surface area (Å²) in [7, 11) is 0. The Bertz CT molecular complexity index is 733. The van der Waals surface area contributed by atoms with Crippen molar-refractivity contribution in [2.24, 2.45) is 5.73 Å². The van der Waals surface area contributed by atoms with Gasteiger partial charge in [-0.3, -0.25) is 4.98 Å². The summed E-state index contributed by atoms with van der Waals surface area (Å²) in [6.07, 6.45) is 6.82. The highest BCUT2D eigenvalue weighted by molar-refractivity contribution is 9.10. The fourth-order valence-electron chi connectivity index (χ4n) is 2.55. The molecule has 3 aromatic rings. The van der Waals surface area contributed by atoms with E-state index in [9.17, 15) is 0 Å². The molecule has 2 N–H and O–H groups in total. The Morgan fingerprint density at radius 3 is 2.85 bits per heavy atom. The third-order valence-corrected chi connectivity index (χ3v) is 3.83. The van der Waals surface area contributed by atoms with Crippen LogP contribution >= 0.6 is 15.9 Å². The van der Waals surface area contributed by atoms with E-state index >= 15 is 0 Å². The van der Waals surface area contributed by atoms with Gasteiger partial charge in [-0.15, -0.1) is 0 Å². The van der Waals surface area contributed by atoms with Crippen molar-refractivity contribution in [3.8, 4) is 0 Å². The van der Waals surface area contributed by atoms with Crippen LogP contribution in [-0.4, -0.2) is 16.1 Å². The van der Waals surface area contributed by atoms with Crippen LogP contribution in [0.1, 0.15) is 11.1 Å². The number of benzene rings is 1. The number of hydrogen-bond acceptors (Lipinski definition) is 2. The first-order valence-electron chi connectivity index (χ1n) is 6.64. The molecule has 3 nitrogen and oxygen atoms in total. The molecule has 0 spiro atoms. The first-order valence-corrected chi connectivity index (χ1v) is 7.43. The molecule has 0 saturated heterocycles. The largest absolute Gasteiger partial charge is 0.343 e. The molecule has 0 radical (unpaired) electrons. The second-order valence-corrected chi connectivity index (χ2v) is 5.77. The van der Waals surface area contributed by atoms with E-state index in [1.165, 1.54) is 22.0 Å². The van der Waals surface area contributed by atoms with E-state index in [2.05, 4.69) is 62.0 Å². The zero-order chi connectivity index (χ0) is 13.9. The molecule has 0 saturated carbocycles. The second kappa shape index (κ2) is 5.77. The fraction of sp³-hybridized carbons (Fsp3) is 0.188. The molecule has 0 bridgehead atoms. The van der Waals surface area contributed by atoms with Crippen LogP contribution in [0.15, 0.2) is 53.4 Å². The van der Waals surface area contributed by atoms with Crippen molar-refractivity contribution in [2.75, 3.05) is 6.54 Å². The van der Waals surface area contributed by atoms with Crippen molar-refractivity contribution in [2.45, 2.75) is 13.0 Å². The molecular formula is C16H16BrN3. The van der Waals surface area contributed by atoms with Crippen LogP contribution in [0.25, 0.3) is 10.9 Å². The summed E-state index contributed by atoms with van der Waals surface area (Å²) in [5.41, 5.74) is 9.45. The number of fused-ring (bicyclic) bond motifs is 1. The minimum atomic E-state index is 0.673. The molecule has 0 aliphatic rings. The maximum atomic E-state index is 5.71. The summed E-state index contributed by atoms with van der Waals surface area (Å²) < 4.78 is 3.28. The summed E-state index contributed by atoms with van der Waals surface area (Å²) in [6, 6.07) is 10.6. The van der Waals surface area contributed by atoms with Crippen molar-refractivity contribution >= 4 is 26.8 Å². The van der Waals surface area contributed by atoms with Gasteiger partial charge in [0.1, 0.15) is 0 Å². The molecule has 0 aliphatic heterocycles. The molecule has 1 aromatic carbocycles. The molecule has 0 aliphatic carbocycles. The third kappa shape index (κ3) is 2.62. The molecule has 0 atom stereocenters. The number of pyridine rings is 1. The topological polar surface area (TPSA) is 43.8 Å². The second-order valence-electron chi connectivity index (χ2n) is 4.85. The van der Waals surface area contributed by atoms with Gasteiger partial charge in [0.15, 0.2) is 0 Å². The van der Waals surface area contributed by atoms with E-state index in [4.69, 9.17) is 5.73 Å². The maximum Gasteiger partial charge on any atom is 0.0491 e. The molecule has 2 aromatic heterocycles. The zero-order valence-corrected chi connectivity index (χ0v) is 12.7. The minimum Gasteiger partial charge on any atom is -0.343 e. The van der Waals surface area contributed by atoms with Crippen molar-refractivity contribution in [1.29, 1.82) is 0 Å². The zero-order valence-electron chi connectivity index (χ0n) is 11.1. The van der Waals surface area contributed by atoms with Gasteiger partial charge in [0.25, 0.3) is 0 Å². The van der Waals surface area contributed by atoms with Gasteiger partial charge < -0.3 is 10.3 Å². The van der Waals surface area contributed by atoms with E-state index in [0.29, 0.717) is 6.54 Å². The van der Waals surface area contributed by atoms with E-state index in [0.717, 1.165) is 17.4 Å². The Hall–Kier alpha value is -1.65. The van der Waals surface area contributed by atoms with Crippen molar-refractivity contribution in [3.63, 3.8) is 0 Å². The van der Waals surface area contributed by atoms with Crippen LogP contribution in [0.2, 0.25) is 0 Å². The highest BCUT2D eigenvalue weighted by Crippen LogP contribution is 2.23. The number of aromatic nitrogens is 2. The average molecular weight is 330 g/mol. The normalized spacial score (nSPS) is 11.1. The van der Waals surface area contributed by atoms with Gasteiger partial charge in [-0.1, -0.05) is 18.2 Å². The smallest absolute Gasteiger partial charge is 0.0491 e. The summed E-state index contributed by atoms with van der Waals surface area (Å²) in [5.74, 6) is 0. The van der Waals surface area contributed by atoms with E-state index in [-0.39, 0.29) is 0 Å². The van der Waals surface area contributed by atoms with Gasteiger partial charge in [0, 0.05) is 40.5 Å². The minimum absolute atomic E-state index is 0.673. The summed E-state index contributed by atoms with van der Waals surface area (Å²) in [4.78, 5) is 4.22. The van der Waals surface area contributed by atoms with Gasteiger partial charge in [-0.2, -0.15) is 0 Å². The van der Waals surface area contributed by atoms with Crippen molar-refractivity contribution in [1.82, 2.24) is 9.55 Å². The SMILES string of the molecule is NCCc1cn(Cc2cncc(Br)c2)c2ccccc12. The first-order chi connectivity index (χ1) is 9.78. The number of halogens is 1. The molecule has 0 amide bonds. The molecule has 0 fully saturated rings. The van der Waals surface area contributed by atoms with Crippen LogP contribution < -0.4 is 5.73 Å². The molecule has 20 heavy (non-hydrogen) atoms. The lowest BCUT2D eigenvalue weighted by molar-refractivity contribution is 0.822. The molecule has 0 unspecified atom stereocenters. The van der Waals surface area contributed by atoms with Crippen LogP contribution in [0.3, 0.4) is 0 Å². The van der Waals surface area contributed by atoms with Crippen molar-refractivity contribution in [3.05, 3.63) is 64.5 Å². The average Bonchev–Trinajstić information content (AvgIpc) is 2.78. The number of hydrogen-bond donors (Lipinski definition) is 1. The summed E-state index contributed by atoms with van der Waals surface area (Å²) in [6.45, 7) is 1.49. The Labute approximate surface area is 126 Å². The summed E-state index contributed by atoms with van der Waals surface area (Å²) in [5, 5.41) is 1.29. The molecule has 3 rings (SSSR count). The first kappa shape index (κ1) is 13.3. The number of para-hydroxylation sites is 1. The quantitative estimate of drug-likeness (QED) is 0.797. The van der Waals surface area contributed by atoms with Gasteiger partial charge in [0.05, 0.1) is 0 Å².